The molecule has 7 aromatic rings. The minimum absolute atomic E-state index is 0.160. The first-order chi connectivity index (χ1) is 21.0. The molecule has 2 aromatic heterocycles. The van der Waals surface area contributed by atoms with Crippen LogP contribution in [0.25, 0.3) is 55.0 Å². The topological polar surface area (TPSA) is 57.4 Å². The molecule has 214 valence electrons. The summed E-state index contributed by atoms with van der Waals surface area (Å²) in [7, 11) is 0. The monoisotopic (exact) mass is 594 g/mol. The van der Waals surface area contributed by atoms with Gasteiger partial charge in [-0.05, 0) is 48.5 Å². The van der Waals surface area contributed by atoms with E-state index in [2.05, 4.69) is 6.07 Å². The summed E-state index contributed by atoms with van der Waals surface area (Å²) >= 11 is 0. The molecule has 0 amide bonds. The Bertz CT molecular complexity index is 2360. The largest absolute Gasteiger partial charge is 0.418 e. The fourth-order valence-electron chi connectivity index (χ4n) is 6.13. The maximum atomic E-state index is 14.5. The van der Waals surface area contributed by atoms with Gasteiger partial charge in [0.15, 0.2) is 0 Å². The van der Waals surface area contributed by atoms with Gasteiger partial charge in [0.2, 0.25) is 0 Å². The van der Waals surface area contributed by atoms with Crippen molar-refractivity contribution < 1.29 is 26.3 Å². The molecular weight excluding hydrogens is 578 g/mol. The quantitative estimate of drug-likeness (QED) is 0.187. The van der Waals surface area contributed by atoms with E-state index in [1.165, 1.54) is 12.1 Å². The highest BCUT2D eigenvalue weighted by Gasteiger charge is 2.42. The van der Waals surface area contributed by atoms with Gasteiger partial charge >= 0.3 is 12.4 Å². The van der Waals surface area contributed by atoms with E-state index >= 15 is 0 Å². The van der Waals surface area contributed by atoms with Gasteiger partial charge in [-0.2, -0.15) is 36.9 Å². The van der Waals surface area contributed by atoms with E-state index in [0.717, 1.165) is 10.6 Å². The lowest BCUT2D eigenvalue weighted by atomic mass is 10.0. The van der Waals surface area contributed by atoms with Gasteiger partial charge in [-0.3, -0.25) is 0 Å². The van der Waals surface area contributed by atoms with E-state index in [4.69, 9.17) is 0 Å². The summed E-state index contributed by atoms with van der Waals surface area (Å²) in [5, 5.41) is 21.2. The fraction of sp³-hybridized carbons (Fsp3) is 0.0588. The van der Waals surface area contributed by atoms with Crippen LogP contribution >= 0.6 is 0 Å². The summed E-state index contributed by atoms with van der Waals surface area (Å²) in [6, 6.07) is 27.6. The second-order valence-electron chi connectivity index (χ2n) is 10.2. The van der Waals surface area contributed by atoms with Crippen molar-refractivity contribution in [1.29, 1.82) is 10.5 Å². The van der Waals surface area contributed by atoms with Crippen molar-refractivity contribution in [3.8, 4) is 23.5 Å². The number of para-hydroxylation sites is 3. The number of nitriles is 2. The Kier molecular flexibility index (Phi) is 5.78. The van der Waals surface area contributed by atoms with Crippen molar-refractivity contribution in [1.82, 2.24) is 9.13 Å². The Hall–Kier alpha value is -5.74. The molecule has 0 atom stereocenters. The minimum atomic E-state index is -5.10. The summed E-state index contributed by atoms with van der Waals surface area (Å²) in [5.74, 6) is 0. The number of hydrogen-bond donors (Lipinski definition) is 0. The van der Waals surface area contributed by atoms with Crippen LogP contribution in [0.2, 0.25) is 0 Å². The SMILES string of the molecule is N#Cc1ccc(-n2c3ccccc3c3c2ccc2c4ccccc4n(-c4c(C(F)(F)F)cccc4C(F)(F)F)c23)c(C#N)c1. The smallest absolute Gasteiger partial charge is 0.308 e. The van der Waals surface area contributed by atoms with Crippen molar-refractivity contribution in [2.75, 3.05) is 0 Å². The van der Waals surface area contributed by atoms with Crippen LogP contribution in [0.15, 0.2) is 97.1 Å². The number of nitrogens with zero attached hydrogens (tertiary/aromatic N) is 4. The van der Waals surface area contributed by atoms with Gasteiger partial charge in [0.05, 0.1) is 61.8 Å². The van der Waals surface area contributed by atoms with E-state index in [-0.39, 0.29) is 22.2 Å². The molecule has 0 aliphatic heterocycles. The standard InChI is InChI=1S/C34H16F6N4/c35-33(36,37)24-8-5-9-25(34(38,39)40)32(24)44-27-10-3-1-6-21(27)22-13-15-29-30(31(22)44)23-7-2-4-11-28(23)43(29)26-14-12-19(17-41)16-20(26)18-42/h1-16H. The highest BCUT2D eigenvalue weighted by molar-refractivity contribution is 6.26. The van der Waals surface area contributed by atoms with Crippen LogP contribution in [0.5, 0.6) is 0 Å². The number of hydrogen-bond acceptors (Lipinski definition) is 2. The van der Waals surface area contributed by atoms with E-state index in [1.54, 1.807) is 71.3 Å². The van der Waals surface area contributed by atoms with Crippen molar-refractivity contribution >= 4 is 43.6 Å². The average molecular weight is 595 g/mol. The second-order valence-corrected chi connectivity index (χ2v) is 10.2. The van der Waals surface area contributed by atoms with Gasteiger partial charge in [0.25, 0.3) is 0 Å². The molecule has 2 heterocycles. The molecule has 4 nitrogen and oxygen atoms in total. The zero-order chi connectivity index (χ0) is 31.0. The summed E-state index contributed by atoms with van der Waals surface area (Å²) < 4.78 is 89.9. The fourth-order valence-corrected chi connectivity index (χ4v) is 6.13. The van der Waals surface area contributed by atoms with Gasteiger partial charge in [-0.1, -0.05) is 48.5 Å². The third kappa shape index (κ3) is 3.85. The predicted octanol–water partition coefficient (Wildman–Crippen LogP) is 9.66. The van der Waals surface area contributed by atoms with Crippen LogP contribution in [0.4, 0.5) is 26.3 Å². The average Bonchev–Trinajstić information content (AvgIpc) is 3.52. The van der Waals surface area contributed by atoms with Crippen LogP contribution in [-0.2, 0) is 12.4 Å². The van der Waals surface area contributed by atoms with Crippen molar-refractivity contribution in [2.24, 2.45) is 0 Å². The lowest BCUT2D eigenvalue weighted by molar-refractivity contribution is -0.142. The molecule has 0 bridgehead atoms. The van der Waals surface area contributed by atoms with Crippen molar-refractivity contribution in [3.63, 3.8) is 0 Å². The first-order valence-corrected chi connectivity index (χ1v) is 13.2. The molecule has 0 spiro atoms. The highest BCUT2D eigenvalue weighted by Crippen LogP contribution is 2.47. The normalized spacial score (nSPS) is 12.3. The molecule has 0 N–H and O–H groups in total. The Morgan fingerprint density at radius 2 is 1.16 bits per heavy atom. The van der Waals surface area contributed by atoms with Gasteiger partial charge in [-0.25, -0.2) is 0 Å². The zero-order valence-corrected chi connectivity index (χ0v) is 22.3. The van der Waals surface area contributed by atoms with Gasteiger partial charge < -0.3 is 9.13 Å². The van der Waals surface area contributed by atoms with E-state index in [0.29, 0.717) is 50.4 Å². The molecule has 0 radical (unpaired) electrons. The number of rotatable bonds is 2. The van der Waals surface area contributed by atoms with E-state index < -0.39 is 29.2 Å². The van der Waals surface area contributed by atoms with E-state index in [1.807, 2.05) is 6.07 Å². The number of benzene rings is 5. The van der Waals surface area contributed by atoms with Crippen LogP contribution in [-0.4, -0.2) is 9.13 Å². The Morgan fingerprint density at radius 3 is 1.77 bits per heavy atom. The number of halogens is 6. The number of aromatic nitrogens is 2. The molecule has 10 heteroatoms. The zero-order valence-electron chi connectivity index (χ0n) is 22.3. The molecule has 44 heavy (non-hydrogen) atoms. The summed E-state index contributed by atoms with van der Waals surface area (Å²) in [4.78, 5) is 0. The van der Waals surface area contributed by atoms with Crippen LogP contribution < -0.4 is 0 Å². The Morgan fingerprint density at radius 1 is 0.545 bits per heavy atom. The molecule has 0 aliphatic rings. The summed E-state index contributed by atoms with van der Waals surface area (Å²) in [6.07, 6.45) is -10.2. The summed E-state index contributed by atoms with van der Waals surface area (Å²) in [5.41, 5.74) is -1.64. The second kappa shape index (κ2) is 9.38. The molecular formula is C34H16F6N4. The van der Waals surface area contributed by atoms with Crippen LogP contribution in [0, 0.1) is 22.7 Å². The molecule has 0 unspecified atom stereocenters. The molecule has 7 rings (SSSR count). The van der Waals surface area contributed by atoms with Crippen molar-refractivity contribution in [3.05, 3.63) is 119 Å². The first kappa shape index (κ1) is 27.1. The van der Waals surface area contributed by atoms with Gasteiger partial charge in [-0.15, -0.1) is 0 Å². The third-order valence-corrected chi connectivity index (χ3v) is 7.83. The van der Waals surface area contributed by atoms with Crippen LogP contribution in [0.3, 0.4) is 0 Å². The molecule has 0 fully saturated rings. The molecule has 0 aliphatic carbocycles. The Labute approximate surface area is 244 Å². The van der Waals surface area contributed by atoms with E-state index in [9.17, 15) is 36.9 Å². The van der Waals surface area contributed by atoms with Crippen LogP contribution in [0.1, 0.15) is 22.3 Å². The summed E-state index contributed by atoms with van der Waals surface area (Å²) in [6.45, 7) is 0. The number of fused-ring (bicyclic) bond motifs is 7. The Balaban J connectivity index is 1.76. The molecule has 0 saturated heterocycles. The highest BCUT2D eigenvalue weighted by atomic mass is 19.4. The maximum absolute atomic E-state index is 14.5. The lowest BCUT2D eigenvalue weighted by Crippen LogP contribution is -2.17. The molecule has 0 saturated carbocycles. The predicted molar refractivity (Wildman–Crippen MR) is 155 cm³/mol. The maximum Gasteiger partial charge on any atom is 0.418 e. The van der Waals surface area contributed by atoms with Gasteiger partial charge in [0.1, 0.15) is 6.07 Å². The third-order valence-electron chi connectivity index (χ3n) is 7.83. The van der Waals surface area contributed by atoms with Crippen molar-refractivity contribution in [2.45, 2.75) is 12.4 Å². The van der Waals surface area contributed by atoms with Gasteiger partial charge in [0, 0.05) is 21.5 Å². The first-order valence-electron chi connectivity index (χ1n) is 13.2. The molecule has 5 aromatic carbocycles. The minimum Gasteiger partial charge on any atom is -0.308 e. The number of alkyl halides is 6. The lowest BCUT2D eigenvalue weighted by Gasteiger charge is -2.21.